The highest BCUT2D eigenvalue weighted by Crippen LogP contribution is 2.29. The molecule has 1 aromatic rings. The van der Waals surface area contributed by atoms with Crippen LogP contribution in [0.1, 0.15) is 18.1 Å². The molecule has 7 heteroatoms. The van der Waals surface area contributed by atoms with Crippen LogP contribution in [0.15, 0.2) is 24.3 Å². The predicted octanol–water partition coefficient (Wildman–Crippen LogP) is 1.97. The Morgan fingerprint density at radius 2 is 1.95 bits per heavy atom. The van der Waals surface area contributed by atoms with E-state index >= 15 is 0 Å². The summed E-state index contributed by atoms with van der Waals surface area (Å²) in [6.45, 7) is 1.05. The van der Waals surface area contributed by atoms with Gasteiger partial charge in [0.25, 0.3) is 0 Å². The molecule has 112 valence electrons. The molecule has 1 aromatic carbocycles. The molecular weight excluding hydrogens is 275 g/mol. The molecule has 1 atom stereocenters. The van der Waals surface area contributed by atoms with Gasteiger partial charge in [0.05, 0.1) is 5.56 Å². The number of benzene rings is 1. The maximum Gasteiger partial charge on any atom is 0.416 e. The van der Waals surface area contributed by atoms with E-state index in [1.165, 1.54) is 24.1 Å². The van der Waals surface area contributed by atoms with Crippen molar-refractivity contribution in [1.82, 2.24) is 4.90 Å². The third kappa shape index (κ3) is 4.50. The highest BCUT2D eigenvalue weighted by Gasteiger charge is 2.32. The number of hydrogen-bond donors (Lipinski definition) is 2. The highest BCUT2D eigenvalue weighted by molar-refractivity contribution is 5.76. The number of rotatable bonds is 5. The summed E-state index contributed by atoms with van der Waals surface area (Å²) in [5.41, 5.74) is -2.31. The van der Waals surface area contributed by atoms with Gasteiger partial charge in [-0.15, -0.1) is 0 Å². The van der Waals surface area contributed by atoms with Gasteiger partial charge in [0.1, 0.15) is 0 Å². The van der Waals surface area contributed by atoms with Crippen molar-refractivity contribution in [2.45, 2.75) is 25.2 Å². The lowest BCUT2D eigenvalue weighted by Crippen LogP contribution is -2.45. The second-order valence-electron chi connectivity index (χ2n) is 4.95. The molecule has 1 unspecified atom stereocenters. The lowest BCUT2D eigenvalue weighted by Gasteiger charge is -2.25. The van der Waals surface area contributed by atoms with Crippen LogP contribution >= 0.6 is 0 Å². The van der Waals surface area contributed by atoms with Gasteiger partial charge in [-0.2, -0.15) is 13.2 Å². The van der Waals surface area contributed by atoms with Gasteiger partial charge in [0.15, 0.2) is 5.60 Å². The van der Waals surface area contributed by atoms with Gasteiger partial charge >= 0.3 is 12.1 Å². The molecule has 0 bridgehead atoms. The average Bonchev–Trinajstić information content (AvgIpc) is 2.26. The third-order valence-electron chi connectivity index (χ3n) is 2.75. The molecule has 0 fully saturated rings. The number of hydrogen-bond acceptors (Lipinski definition) is 3. The molecule has 0 saturated heterocycles. The van der Waals surface area contributed by atoms with Crippen molar-refractivity contribution in [3.8, 4) is 0 Å². The van der Waals surface area contributed by atoms with Crippen LogP contribution in [0.2, 0.25) is 0 Å². The van der Waals surface area contributed by atoms with Crippen LogP contribution in [0.5, 0.6) is 0 Å². The van der Waals surface area contributed by atoms with E-state index in [0.29, 0.717) is 5.56 Å². The number of alkyl halides is 3. The molecule has 20 heavy (non-hydrogen) atoms. The number of nitrogens with zero attached hydrogens (tertiary/aromatic N) is 1. The lowest BCUT2D eigenvalue weighted by molar-refractivity contribution is -0.158. The van der Waals surface area contributed by atoms with Gasteiger partial charge in [0, 0.05) is 13.1 Å². The van der Waals surface area contributed by atoms with E-state index in [9.17, 15) is 23.1 Å². The second-order valence-corrected chi connectivity index (χ2v) is 4.95. The summed E-state index contributed by atoms with van der Waals surface area (Å²) in [5, 5.41) is 18.4. The quantitative estimate of drug-likeness (QED) is 0.871. The molecule has 0 aliphatic heterocycles. The molecule has 0 saturated carbocycles. The highest BCUT2D eigenvalue weighted by atomic mass is 19.4. The first kappa shape index (κ1) is 16.5. The number of carbonyl (C=O) groups is 1. The standard InChI is InChI=1S/C13H16F3NO3/c1-12(20,11(18)19)8-17(2)7-9-4-3-5-10(6-9)13(14,15)16/h3-6,20H,7-8H2,1-2H3,(H,18,19). The Hall–Kier alpha value is -1.60. The number of aliphatic carboxylic acids is 1. The summed E-state index contributed by atoms with van der Waals surface area (Å²) < 4.78 is 37.7. The summed E-state index contributed by atoms with van der Waals surface area (Å²) in [6.07, 6.45) is -4.42. The molecule has 0 spiro atoms. The maximum atomic E-state index is 12.6. The van der Waals surface area contributed by atoms with Crippen molar-refractivity contribution in [3.05, 3.63) is 35.4 Å². The van der Waals surface area contributed by atoms with Crippen molar-refractivity contribution in [1.29, 1.82) is 0 Å². The monoisotopic (exact) mass is 291 g/mol. The minimum Gasteiger partial charge on any atom is -0.479 e. The first-order valence-electron chi connectivity index (χ1n) is 5.83. The first-order valence-corrected chi connectivity index (χ1v) is 5.83. The van der Waals surface area contributed by atoms with Gasteiger partial charge in [-0.3, -0.25) is 4.90 Å². The number of halogens is 3. The predicted molar refractivity (Wildman–Crippen MR) is 66.0 cm³/mol. The van der Waals surface area contributed by atoms with E-state index < -0.39 is 23.3 Å². The zero-order chi connectivity index (χ0) is 15.6. The maximum absolute atomic E-state index is 12.6. The molecule has 0 amide bonds. The summed E-state index contributed by atoms with van der Waals surface area (Å²) in [5.74, 6) is -1.38. The smallest absolute Gasteiger partial charge is 0.416 e. The summed E-state index contributed by atoms with van der Waals surface area (Å²) >= 11 is 0. The van der Waals surface area contributed by atoms with E-state index in [4.69, 9.17) is 5.11 Å². The molecule has 0 aromatic heterocycles. The van der Waals surface area contributed by atoms with Gasteiger partial charge in [0.2, 0.25) is 0 Å². The van der Waals surface area contributed by atoms with Gasteiger partial charge in [-0.25, -0.2) is 4.79 Å². The van der Waals surface area contributed by atoms with E-state index in [2.05, 4.69) is 0 Å². The Balaban J connectivity index is 2.77. The molecule has 0 radical (unpaired) electrons. The lowest BCUT2D eigenvalue weighted by atomic mass is 10.1. The van der Waals surface area contributed by atoms with E-state index in [1.54, 1.807) is 0 Å². The third-order valence-corrected chi connectivity index (χ3v) is 2.75. The summed E-state index contributed by atoms with van der Waals surface area (Å²) in [7, 11) is 1.53. The van der Waals surface area contributed by atoms with Gasteiger partial charge in [-0.05, 0) is 25.6 Å². The first-order chi connectivity index (χ1) is 9.02. The fraction of sp³-hybridized carbons (Fsp3) is 0.462. The Kier molecular flexibility index (Phi) is 4.77. The van der Waals surface area contributed by atoms with Crippen LogP contribution in [0.3, 0.4) is 0 Å². The SMILES string of the molecule is CN(Cc1cccc(C(F)(F)F)c1)CC(C)(O)C(=O)O. The normalized spacial score (nSPS) is 15.2. The fourth-order valence-corrected chi connectivity index (χ4v) is 1.81. The topological polar surface area (TPSA) is 60.8 Å². The Labute approximate surface area is 114 Å². The van der Waals surface area contributed by atoms with Crippen molar-refractivity contribution in [2.75, 3.05) is 13.6 Å². The van der Waals surface area contributed by atoms with Crippen molar-refractivity contribution < 1.29 is 28.2 Å². The fourth-order valence-electron chi connectivity index (χ4n) is 1.81. The second kappa shape index (κ2) is 5.80. The molecule has 2 N–H and O–H groups in total. The minimum atomic E-state index is -4.42. The van der Waals surface area contributed by atoms with Crippen LogP contribution in [0.25, 0.3) is 0 Å². The molecular formula is C13H16F3NO3. The van der Waals surface area contributed by atoms with Gasteiger partial charge in [-0.1, -0.05) is 18.2 Å². The van der Waals surface area contributed by atoms with Crippen LogP contribution in [-0.4, -0.2) is 40.3 Å². The number of likely N-dealkylation sites (N-methyl/N-ethyl adjacent to an activating group) is 1. The summed E-state index contributed by atoms with van der Waals surface area (Å²) in [6, 6.07) is 4.78. The molecule has 0 aliphatic rings. The van der Waals surface area contributed by atoms with Gasteiger partial charge < -0.3 is 10.2 Å². The van der Waals surface area contributed by atoms with Crippen LogP contribution < -0.4 is 0 Å². The number of carboxylic acids is 1. The van der Waals surface area contributed by atoms with E-state index in [0.717, 1.165) is 19.1 Å². The number of carboxylic acid groups (broad SMARTS) is 1. The Morgan fingerprint density at radius 1 is 1.35 bits per heavy atom. The summed E-state index contributed by atoms with van der Waals surface area (Å²) in [4.78, 5) is 12.2. The van der Waals surface area contributed by atoms with Crippen LogP contribution in [-0.2, 0) is 17.5 Å². The Bertz CT molecular complexity index is 486. The van der Waals surface area contributed by atoms with Crippen LogP contribution in [0.4, 0.5) is 13.2 Å². The van der Waals surface area contributed by atoms with E-state index in [1.807, 2.05) is 0 Å². The molecule has 0 heterocycles. The zero-order valence-electron chi connectivity index (χ0n) is 11.1. The largest absolute Gasteiger partial charge is 0.479 e. The molecule has 1 rings (SSSR count). The average molecular weight is 291 g/mol. The van der Waals surface area contributed by atoms with Crippen LogP contribution in [0, 0.1) is 0 Å². The molecule has 0 aliphatic carbocycles. The Morgan fingerprint density at radius 3 is 2.45 bits per heavy atom. The zero-order valence-corrected chi connectivity index (χ0v) is 11.1. The van der Waals surface area contributed by atoms with Crippen molar-refractivity contribution >= 4 is 5.97 Å². The van der Waals surface area contributed by atoms with E-state index in [-0.39, 0.29) is 13.1 Å². The minimum absolute atomic E-state index is 0.105. The number of aliphatic hydroxyl groups is 1. The van der Waals surface area contributed by atoms with Crippen molar-refractivity contribution in [2.24, 2.45) is 0 Å². The van der Waals surface area contributed by atoms with Crippen molar-refractivity contribution in [3.63, 3.8) is 0 Å². The molecule has 4 nitrogen and oxygen atoms in total.